The van der Waals surface area contributed by atoms with Crippen molar-refractivity contribution in [3.8, 4) is 0 Å². The zero-order chi connectivity index (χ0) is 12.6. The molecule has 5 nitrogen and oxygen atoms in total. The van der Waals surface area contributed by atoms with Gasteiger partial charge in [0.15, 0.2) is 0 Å². The Kier molecular flexibility index (Phi) is 3.79. The Morgan fingerprint density at radius 1 is 1.39 bits per heavy atom. The molecule has 0 aliphatic heterocycles. The van der Waals surface area contributed by atoms with Gasteiger partial charge in [-0.2, -0.15) is 0 Å². The van der Waals surface area contributed by atoms with Crippen LogP contribution in [0.4, 0.5) is 0 Å². The second kappa shape index (κ2) is 4.80. The van der Waals surface area contributed by atoms with Gasteiger partial charge in [0.25, 0.3) is 0 Å². The van der Waals surface area contributed by atoms with Crippen LogP contribution in [0.1, 0.15) is 12.5 Å². The molecule has 0 amide bonds. The molecule has 96 valence electrons. The SMILES string of the molecule is CC(N)(C(=O)O)c1cc(=O)[nH]c2ccccc12.Cl. The van der Waals surface area contributed by atoms with Crippen molar-refractivity contribution in [1.82, 2.24) is 4.98 Å². The van der Waals surface area contributed by atoms with Crippen LogP contribution < -0.4 is 11.3 Å². The average Bonchev–Trinajstić information content (AvgIpc) is 2.27. The minimum Gasteiger partial charge on any atom is -0.480 e. The number of rotatable bonds is 2. The summed E-state index contributed by atoms with van der Waals surface area (Å²) < 4.78 is 0. The minimum atomic E-state index is -1.59. The number of hydrogen-bond donors (Lipinski definition) is 3. The summed E-state index contributed by atoms with van der Waals surface area (Å²) in [7, 11) is 0. The van der Waals surface area contributed by atoms with E-state index >= 15 is 0 Å². The minimum absolute atomic E-state index is 0. The number of halogens is 1. The Hall–Kier alpha value is -1.85. The monoisotopic (exact) mass is 268 g/mol. The molecule has 1 aromatic heterocycles. The van der Waals surface area contributed by atoms with Gasteiger partial charge in [0.2, 0.25) is 5.56 Å². The first kappa shape index (κ1) is 14.2. The van der Waals surface area contributed by atoms with Gasteiger partial charge in [-0.25, -0.2) is 4.79 Å². The van der Waals surface area contributed by atoms with Crippen molar-refractivity contribution in [1.29, 1.82) is 0 Å². The van der Waals surface area contributed by atoms with E-state index in [1.807, 2.05) is 0 Å². The van der Waals surface area contributed by atoms with Gasteiger partial charge in [-0.1, -0.05) is 18.2 Å². The summed E-state index contributed by atoms with van der Waals surface area (Å²) in [5.41, 5.74) is 4.70. The lowest BCUT2D eigenvalue weighted by atomic mass is 9.90. The fourth-order valence-electron chi connectivity index (χ4n) is 1.75. The van der Waals surface area contributed by atoms with Crippen molar-refractivity contribution in [3.05, 3.63) is 46.2 Å². The molecule has 1 heterocycles. The second-order valence-electron chi connectivity index (χ2n) is 4.10. The molecule has 1 unspecified atom stereocenters. The molecule has 1 aromatic carbocycles. The topological polar surface area (TPSA) is 96.2 Å². The first-order valence-electron chi connectivity index (χ1n) is 5.08. The molecule has 2 aromatic rings. The number of nitrogens with one attached hydrogen (secondary N) is 1. The number of fused-ring (bicyclic) bond motifs is 1. The van der Waals surface area contributed by atoms with Crippen LogP contribution in [0.25, 0.3) is 10.9 Å². The Bertz CT molecular complexity index is 649. The predicted molar refractivity (Wildman–Crippen MR) is 71.0 cm³/mol. The average molecular weight is 269 g/mol. The highest BCUT2D eigenvalue weighted by Crippen LogP contribution is 2.24. The molecule has 4 N–H and O–H groups in total. The first-order chi connectivity index (χ1) is 7.93. The number of nitrogens with two attached hydrogens (primary N) is 1. The fraction of sp³-hybridized carbons (Fsp3) is 0.167. The second-order valence-corrected chi connectivity index (χ2v) is 4.10. The van der Waals surface area contributed by atoms with Crippen molar-refractivity contribution in [3.63, 3.8) is 0 Å². The zero-order valence-electron chi connectivity index (χ0n) is 9.64. The summed E-state index contributed by atoms with van der Waals surface area (Å²) in [6.45, 7) is 1.37. The maximum Gasteiger partial charge on any atom is 0.328 e. The van der Waals surface area contributed by atoms with Crippen LogP contribution in [0, 0.1) is 0 Å². The van der Waals surface area contributed by atoms with E-state index in [-0.39, 0.29) is 18.0 Å². The van der Waals surface area contributed by atoms with E-state index < -0.39 is 11.5 Å². The molecule has 0 radical (unpaired) electrons. The predicted octanol–water partition coefficient (Wildman–Crippen LogP) is 1.21. The third-order valence-corrected chi connectivity index (χ3v) is 2.75. The molecule has 18 heavy (non-hydrogen) atoms. The largest absolute Gasteiger partial charge is 0.480 e. The molecular formula is C12H13ClN2O3. The molecular weight excluding hydrogens is 256 g/mol. The molecule has 1 atom stereocenters. The highest BCUT2D eigenvalue weighted by Gasteiger charge is 2.32. The normalized spacial score (nSPS) is 13.7. The maximum atomic E-state index is 11.5. The number of para-hydroxylation sites is 1. The van der Waals surface area contributed by atoms with Gasteiger partial charge in [-0.15, -0.1) is 12.4 Å². The Labute approximate surface area is 109 Å². The van der Waals surface area contributed by atoms with E-state index in [1.54, 1.807) is 24.3 Å². The lowest BCUT2D eigenvalue weighted by molar-refractivity contribution is -0.142. The number of aromatic nitrogens is 1. The molecule has 0 fully saturated rings. The van der Waals surface area contributed by atoms with E-state index in [4.69, 9.17) is 10.8 Å². The van der Waals surface area contributed by atoms with Crippen LogP contribution in [0.3, 0.4) is 0 Å². The molecule has 0 saturated heterocycles. The number of H-pyrrole nitrogens is 1. The van der Waals surface area contributed by atoms with Crippen molar-refractivity contribution in [2.45, 2.75) is 12.5 Å². The van der Waals surface area contributed by atoms with Crippen LogP contribution in [0.5, 0.6) is 0 Å². The summed E-state index contributed by atoms with van der Waals surface area (Å²) in [4.78, 5) is 25.2. The Balaban J connectivity index is 0.00000162. The van der Waals surface area contributed by atoms with E-state index in [9.17, 15) is 9.59 Å². The van der Waals surface area contributed by atoms with Gasteiger partial charge in [-0.05, 0) is 18.6 Å². The molecule has 0 saturated carbocycles. The van der Waals surface area contributed by atoms with Gasteiger partial charge in [0, 0.05) is 17.0 Å². The Morgan fingerprint density at radius 2 is 2.00 bits per heavy atom. The lowest BCUT2D eigenvalue weighted by Gasteiger charge is -2.21. The molecule has 2 rings (SSSR count). The van der Waals surface area contributed by atoms with Crippen LogP contribution in [-0.4, -0.2) is 16.1 Å². The fourth-order valence-corrected chi connectivity index (χ4v) is 1.75. The van der Waals surface area contributed by atoms with Gasteiger partial charge in [-0.3, -0.25) is 4.79 Å². The summed E-state index contributed by atoms with van der Waals surface area (Å²) >= 11 is 0. The first-order valence-corrected chi connectivity index (χ1v) is 5.08. The smallest absolute Gasteiger partial charge is 0.328 e. The highest BCUT2D eigenvalue weighted by atomic mass is 35.5. The number of carbonyl (C=O) groups is 1. The van der Waals surface area contributed by atoms with Gasteiger partial charge in [0.1, 0.15) is 5.54 Å². The van der Waals surface area contributed by atoms with Crippen LogP contribution in [0.2, 0.25) is 0 Å². The standard InChI is InChI=1S/C12H12N2O3.ClH/c1-12(13,11(16)17)8-6-10(15)14-9-5-3-2-4-7(8)9;/h2-6H,13H2,1H3,(H,14,15)(H,16,17);1H. The number of hydrogen-bond acceptors (Lipinski definition) is 3. The third-order valence-electron chi connectivity index (χ3n) is 2.75. The van der Waals surface area contributed by atoms with Crippen molar-refractivity contribution in [2.24, 2.45) is 5.73 Å². The van der Waals surface area contributed by atoms with Crippen LogP contribution in [0.15, 0.2) is 35.1 Å². The summed E-state index contributed by atoms with van der Waals surface area (Å²) in [5.74, 6) is -1.17. The molecule has 0 aliphatic rings. The van der Waals surface area contributed by atoms with E-state index in [2.05, 4.69) is 4.98 Å². The summed E-state index contributed by atoms with van der Waals surface area (Å²) in [6, 6.07) is 8.20. The maximum absolute atomic E-state index is 11.5. The summed E-state index contributed by atoms with van der Waals surface area (Å²) in [6.07, 6.45) is 0. The van der Waals surface area contributed by atoms with Crippen LogP contribution in [-0.2, 0) is 10.3 Å². The molecule has 0 bridgehead atoms. The summed E-state index contributed by atoms with van der Waals surface area (Å²) in [5, 5.41) is 9.75. The van der Waals surface area contributed by atoms with Crippen molar-refractivity contribution < 1.29 is 9.90 Å². The van der Waals surface area contributed by atoms with Gasteiger partial charge >= 0.3 is 5.97 Å². The number of carboxylic acids is 1. The van der Waals surface area contributed by atoms with Gasteiger partial charge in [0.05, 0.1) is 0 Å². The number of benzene rings is 1. The van der Waals surface area contributed by atoms with E-state index in [0.29, 0.717) is 16.5 Å². The highest BCUT2D eigenvalue weighted by molar-refractivity contribution is 5.90. The van der Waals surface area contributed by atoms with Gasteiger partial charge < -0.3 is 15.8 Å². The number of pyridine rings is 1. The quantitative estimate of drug-likeness (QED) is 0.763. The number of aromatic amines is 1. The van der Waals surface area contributed by atoms with Crippen LogP contribution >= 0.6 is 12.4 Å². The molecule has 0 aliphatic carbocycles. The zero-order valence-corrected chi connectivity index (χ0v) is 10.5. The third kappa shape index (κ3) is 2.23. The van der Waals surface area contributed by atoms with Crippen molar-refractivity contribution in [2.75, 3.05) is 0 Å². The molecule has 0 spiro atoms. The number of carboxylic acid groups (broad SMARTS) is 1. The lowest BCUT2D eigenvalue weighted by Crippen LogP contribution is -2.42. The van der Waals surface area contributed by atoms with Crippen molar-refractivity contribution >= 4 is 29.3 Å². The van der Waals surface area contributed by atoms with E-state index in [0.717, 1.165) is 0 Å². The van der Waals surface area contributed by atoms with E-state index in [1.165, 1.54) is 13.0 Å². The number of aliphatic carboxylic acids is 1. The molecule has 6 heteroatoms. The Morgan fingerprint density at radius 3 is 2.61 bits per heavy atom.